The first-order valence-corrected chi connectivity index (χ1v) is 14.0. The lowest BCUT2D eigenvalue weighted by Crippen LogP contribution is -2.24. The standard InChI is InChI=1S/C32H32ClN7O3/c1-5-21(2)37-24-8-6-22(7-9-24)10-13-40-30-23(19-36-32(38-30)35-12-15-39-14-11-34-20-39)16-27(31(40)41)26-17-25(42-3)18-28(43-4)29(26)33/h5-9,11,14,16-20,37H,1-2,10,12-13,15H2,3-4H3,(H,35,36,38). The van der Waals surface area contributed by atoms with Gasteiger partial charge in [0, 0.05) is 72.2 Å². The zero-order chi connectivity index (χ0) is 30.3. The molecule has 0 bridgehead atoms. The number of allylic oxidation sites excluding steroid dienone is 1. The number of hydrogen-bond acceptors (Lipinski definition) is 8. The zero-order valence-corrected chi connectivity index (χ0v) is 24.8. The van der Waals surface area contributed by atoms with Crippen LogP contribution in [-0.2, 0) is 19.5 Å². The molecule has 43 heavy (non-hydrogen) atoms. The quantitative estimate of drug-likeness (QED) is 0.164. The van der Waals surface area contributed by atoms with Gasteiger partial charge in [-0.3, -0.25) is 9.36 Å². The van der Waals surface area contributed by atoms with Gasteiger partial charge in [0.05, 0.1) is 25.6 Å². The molecular weight excluding hydrogens is 566 g/mol. The Morgan fingerprint density at radius 1 is 1.09 bits per heavy atom. The molecule has 0 aliphatic rings. The molecule has 0 spiro atoms. The Morgan fingerprint density at radius 2 is 1.91 bits per heavy atom. The van der Waals surface area contributed by atoms with Gasteiger partial charge in [0.25, 0.3) is 5.56 Å². The lowest BCUT2D eigenvalue weighted by Gasteiger charge is -2.16. The number of pyridine rings is 1. The second-order valence-corrected chi connectivity index (χ2v) is 10.1. The fourth-order valence-electron chi connectivity index (χ4n) is 4.63. The van der Waals surface area contributed by atoms with E-state index in [-0.39, 0.29) is 5.56 Å². The highest BCUT2D eigenvalue weighted by molar-refractivity contribution is 6.35. The van der Waals surface area contributed by atoms with Gasteiger partial charge >= 0.3 is 0 Å². The number of aryl methyl sites for hydroxylation is 2. The number of fused-ring (bicyclic) bond motifs is 1. The summed E-state index contributed by atoms with van der Waals surface area (Å²) in [5.41, 5.74) is 3.83. The Hall–Kier alpha value is -5.09. The summed E-state index contributed by atoms with van der Waals surface area (Å²) in [6, 6.07) is 13.1. The van der Waals surface area contributed by atoms with Crippen molar-refractivity contribution >= 4 is 34.3 Å². The summed E-state index contributed by atoms with van der Waals surface area (Å²) in [5.74, 6) is 1.35. The van der Waals surface area contributed by atoms with E-state index < -0.39 is 0 Å². The molecule has 0 unspecified atom stereocenters. The van der Waals surface area contributed by atoms with E-state index >= 15 is 0 Å². The van der Waals surface area contributed by atoms with Gasteiger partial charge in [-0.1, -0.05) is 36.9 Å². The smallest absolute Gasteiger partial charge is 0.260 e. The minimum Gasteiger partial charge on any atom is -0.497 e. The lowest BCUT2D eigenvalue weighted by molar-refractivity contribution is 0.395. The number of aromatic nitrogens is 5. The Morgan fingerprint density at radius 3 is 2.60 bits per heavy atom. The molecule has 5 aromatic rings. The second-order valence-electron chi connectivity index (χ2n) is 9.71. The summed E-state index contributed by atoms with van der Waals surface area (Å²) in [5, 5.41) is 7.43. The molecule has 0 radical (unpaired) electrons. The molecule has 0 aliphatic carbocycles. The summed E-state index contributed by atoms with van der Waals surface area (Å²) in [6.07, 6.45) is 9.32. The number of hydrogen-bond donors (Lipinski definition) is 2. The maximum atomic E-state index is 14.1. The molecule has 0 amide bonds. The fraction of sp³-hybridized carbons (Fsp3) is 0.188. The summed E-state index contributed by atoms with van der Waals surface area (Å²) >= 11 is 6.71. The van der Waals surface area contributed by atoms with Gasteiger partial charge in [-0.25, -0.2) is 9.97 Å². The van der Waals surface area contributed by atoms with Crippen LogP contribution in [0.1, 0.15) is 5.56 Å². The van der Waals surface area contributed by atoms with Gasteiger partial charge in [0.2, 0.25) is 5.95 Å². The summed E-state index contributed by atoms with van der Waals surface area (Å²) in [4.78, 5) is 27.5. The summed E-state index contributed by atoms with van der Waals surface area (Å²) in [6.45, 7) is 9.26. The minimum absolute atomic E-state index is 0.242. The average Bonchev–Trinajstić information content (AvgIpc) is 3.55. The number of nitrogens with zero attached hydrogens (tertiary/aromatic N) is 5. The molecular formula is C32H32ClN7O3. The van der Waals surface area contributed by atoms with Crippen LogP contribution in [0.2, 0.25) is 5.02 Å². The highest BCUT2D eigenvalue weighted by Crippen LogP contribution is 2.38. The second kappa shape index (κ2) is 13.3. The largest absolute Gasteiger partial charge is 0.497 e. The van der Waals surface area contributed by atoms with Gasteiger partial charge in [0.15, 0.2) is 0 Å². The molecule has 10 nitrogen and oxygen atoms in total. The van der Waals surface area contributed by atoms with E-state index in [1.54, 1.807) is 54.7 Å². The van der Waals surface area contributed by atoms with E-state index in [0.717, 1.165) is 11.3 Å². The molecule has 0 fully saturated rings. The minimum atomic E-state index is -0.242. The van der Waals surface area contributed by atoms with E-state index in [9.17, 15) is 4.79 Å². The van der Waals surface area contributed by atoms with Crippen molar-refractivity contribution in [1.29, 1.82) is 0 Å². The number of rotatable bonds is 13. The monoisotopic (exact) mass is 597 g/mol. The first-order valence-electron chi connectivity index (χ1n) is 13.6. The molecule has 0 atom stereocenters. The predicted molar refractivity (Wildman–Crippen MR) is 171 cm³/mol. The predicted octanol–water partition coefficient (Wildman–Crippen LogP) is 5.79. The first-order chi connectivity index (χ1) is 20.9. The molecule has 0 saturated heterocycles. The van der Waals surface area contributed by atoms with Crippen molar-refractivity contribution in [1.82, 2.24) is 24.1 Å². The van der Waals surface area contributed by atoms with Crippen LogP contribution in [0.4, 0.5) is 11.6 Å². The van der Waals surface area contributed by atoms with Gasteiger partial charge in [0.1, 0.15) is 17.1 Å². The molecule has 220 valence electrons. The first kappa shape index (κ1) is 29.4. The van der Waals surface area contributed by atoms with Crippen LogP contribution in [0.5, 0.6) is 11.5 Å². The van der Waals surface area contributed by atoms with Crippen LogP contribution in [-0.4, -0.2) is 44.9 Å². The third kappa shape index (κ3) is 6.70. The third-order valence-corrected chi connectivity index (χ3v) is 7.32. The summed E-state index contributed by atoms with van der Waals surface area (Å²) < 4.78 is 14.5. The van der Waals surface area contributed by atoms with E-state index in [0.29, 0.717) is 76.4 Å². The normalized spacial score (nSPS) is 10.9. The third-order valence-electron chi connectivity index (χ3n) is 6.93. The van der Waals surface area contributed by atoms with E-state index in [1.165, 1.54) is 7.11 Å². The SMILES string of the molecule is C=CC(=C)Nc1ccc(CCn2c(=O)c(-c3cc(OC)cc(OC)c3Cl)cc3cnc(NCCn4ccnc4)nc32)cc1. The lowest BCUT2D eigenvalue weighted by atomic mass is 10.0. The molecule has 0 saturated carbocycles. The van der Waals surface area contributed by atoms with Crippen molar-refractivity contribution in [2.24, 2.45) is 0 Å². The number of nitrogens with one attached hydrogen (secondary N) is 2. The molecule has 3 aromatic heterocycles. The molecule has 0 aliphatic heterocycles. The Kier molecular flexibility index (Phi) is 9.07. The number of methoxy groups -OCH3 is 2. The average molecular weight is 598 g/mol. The number of imidazole rings is 1. The maximum absolute atomic E-state index is 14.1. The van der Waals surface area contributed by atoms with Gasteiger partial charge in [-0.05, 0) is 42.3 Å². The molecule has 3 heterocycles. The topological polar surface area (TPSA) is 108 Å². The van der Waals surface area contributed by atoms with E-state index in [1.807, 2.05) is 35.0 Å². The van der Waals surface area contributed by atoms with Gasteiger partial charge in [-0.2, -0.15) is 4.98 Å². The van der Waals surface area contributed by atoms with Gasteiger partial charge in [-0.15, -0.1) is 0 Å². The van der Waals surface area contributed by atoms with Crippen LogP contribution in [0.25, 0.3) is 22.2 Å². The summed E-state index contributed by atoms with van der Waals surface area (Å²) in [7, 11) is 3.07. The molecule has 11 heteroatoms. The van der Waals surface area contributed by atoms with Crippen LogP contribution in [0.15, 0.2) is 97.1 Å². The van der Waals surface area contributed by atoms with Crippen molar-refractivity contribution in [2.75, 3.05) is 31.4 Å². The van der Waals surface area contributed by atoms with Crippen molar-refractivity contribution in [3.8, 4) is 22.6 Å². The Bertz CT molecular complexity index is 1820. The number of anilines is 2. The molecule has 5 rings (SSSR count). The Balaban J connectivity index is 1.53. The molecule has 2 N–H and O–H groups in total. The fourth-order valence-corrected chi connectivity index (χ4v) is 4.92. The van der Waals surface area contributed by atoms with E-state index in [4.69, 9.17) is 26.1 Å². The highest BCUT2D eigenvalue weighted by Gasteiger charge is 2.19. The molecule has 2 aromatic carbocycles. The van der Waals surface area contributed by atoms with Gasteiger partial charge < -0.3 is 24.7 Å². The maximum Gasteiger partial charge on any atom is 0.260 e. The van der Waals surface area contributed by atoms with Crippen LogP contribution < -0.4 is 25.7 Å². The van der Waals surface area contributed by atoms with E-state index in [2.05, 4.69) is 33.8 Å². The number of ether oxygens (including phenoxy) is 2. The van der Waals surface area contributed by atoms with Crippen molar-refractivity contribution in [3.63, 3.8) is 0 Å². The Labute approximate surface area is 254 Å². The van der Waals surface area contributed by atoms with Crippen molar-refractivity contribution in [2.45, 2.75) is 19.5 Å². The van der Waals surface area contributed by atoms with Crippen LogP contribution in [0.3, 0.4) is 0 Å². The zero-order valence-electron chi connectivity index (χ0n) is 24.0. The van der Waals surface area contributed by atoms with Crippen LogP contribution >= 0.6 is 11.6 Å². The number of benzene rings is 2. The van der Waals surface area contributed by atoms with Crippen molar-refractivity contribution < 1.29 is 9.47 Å². The van der Waals surface area contributed by atoms with Crippen LogP contribution in [0, 0.1) is 0 Å². The highest BCUT2D eigenvalue weighted by atomic mass is 35.5. The number of halogens is 1. The van der Waals surface area contributed by atoms with Crippen molar-refractivity contribution in [3.05, 3.63) is 113 Å².